The van der Waals surface area contributed by atoms with Gasteiger partial charge in [0, 0.05) is 6.42 Å². The molecule has 1 amide bonds. The summed E-state index contributed by atoms with van der Waals surface area (Å²) >= 11 is 0. The van der Waals surface area contributed by atoms with E-state index in [-0.39, 0.29) is 12.3 Å². The van der Waals surface area contributed by atoms with Crippen LogP contribution in [0, 0.1) is 12.8 Å². The van der Waals surface area contributed by atoms with Crippen molar-refractivity contribution in [3.63, 3.8) is 0 Å². The number of carbonyl (C=O) groups excluding carboxylic acids is 1. The largest absolute Gasteiger partial charge is 0.480 e. The molecule has 1 rings (SSSR count). The highest BCUT2D eigenvalue weighted by Gasteiger charge is 2.24. The molecular formula is C16H23NO4. The summed E-state index contributed by atoms with van der Waals surface area (Å²) < 4.78 is 0. The summed E-state index contributed by atoms with van der Waals surface area (Å²) in [6.45, 7) is 5.69. The molecule has 0 heterocycles. The van der Waals surface area contributed by atoms with Crippen molar-refractivity contribution in [2.45, 2.75) is 45.8 Å². The monoisotopic (exact) mass is 293 g/mol. The van der Waals surface area contributed by atoms with Crippen LogP contribution < -0.4 is 5.32 Å². The van der Waals surface area contributed by atoms with E-state index in [4.69, 9.17) is 0 Å². The smallest absolute Gasteiger partial charge is 0.326 e. The van der Waals surface area contributed by atoms with E-state index in [0.29, 0.717) is 6.42 Å². The van der Waals surface area contributed by atoms with Crippen LogP contribution in [0.5, 0.6) is 0 Å². The van der Waals surface area contributed by atoms with Crippen LogP contribution in [0.15, 0.2) is 24.3 Å². The van der Waals surface area contributed by atoms with Crippen LogP contribution in [0.2, 0.25) is 0 Å². The van der Waals surface area contributed by atoms with Crippen LogP contribution in [-0.4, -0.2) is 34.2 Å². The Labute approximate surface area is 125 Å². The maximum absolute atomic E-state index is 11.8. The third-order valence-electron chi connectivity index (χ3n) is 3.13. The SMILES string of the molecule is Cc1cccc(C[C@H](NC(=O)[C@H](O)CC(C)C)C(=O)O)c1. The predicted molar refractivity (Wildman–Crippen MR) is 79.9 cm³/mol. The van der Waals surface area contributed by atoms with Gasteiger partial charge < -0.3 is 15.5 Å². The zero-order valence-electron chi connectivity index (χ0n) is 12.7. The van der Waals surface area contributed by atoms with Gasteiger partial charge in [-0.25, -0.2) is 4.79 Å². The molecule has 0 aromatic heterocycles. The second kappa shape index (κ2) is 7.78. The van der Waals surface area contributed by atoms with E-state index in [1.165, 1.54) is 0 Å². The van der Waals surface area contributed by atoms with Gasteiger partial charge in [0.05, 0.1) is 0 Å². The number of hydrogen-bond acceptors (Lipinski definition) is 3. The zero-order valence-corrected chi connectivity index (χ0v) is 12.7. The quantitative estimate of drug-likeness (QED) is 0.711. The fraction of sp³-hybridized carbons (Fsp3) is 0.500. The molecule has 0 fully saturated rings. The van der Waals surface area contributed by atoms with E-state index < -0.39 is 24.0 Å². The fourth-order valence-electron chi connectivity index (χ4n) is 2.10. The lowest BCUT2D eigenvalue weighted by Crippen LogP contribution is -2.46. The lowest BCUT2D eigenvalue weighted by molar-refractivity contribution is -0.143. The van der Waals surface area contributed by atoms with E-state index >= 15 is 0 Å². The molecule has 0 aliphatic carbocycles. The molecule has 2 atom stereocenters. The molecule has 21 heavy (non-hydrogen) atoms. The highest BCUT2D eigenvalue weighted by Crippen LogP contribution is 2.09. The van der Waals surface area contributed by atoms with E-state index in [1.807, 2.05) is 45.0 Å². The fourth-order valence-corrected chi connectivity index (χ4v) is 2.10. The van der Waals surface area contributed by atoms with Gasteiger partial charge in [-0.3, -0.25) is 4.79 Å². The number of carboxylic acids is 1. The van der Waals surface area contributed by atoms with Crippen molar-refractivity contribution >= 4 is 11.9 Å². The lowest BCUT2D eigenvalue weighted by atomic mass is 10.0. The summed E-state index contributed by atoms with van der Waals surface area (Å²) in [5.41, 5.74) is 1.86. The first-order chi connectivity index (χ1) is 9.79. The first kappa shape index (κ1) is 17.2. The standard InChI is InChI=1S/C16H23NO4/c1-10(2)7-14(18)15(19)17-13(16(20)21)9-12-6-4-5-11(3)8-12/h4-6,8,10,13-14,18H,7,9H2,1-3H3,(H,17,19)(H,20,21)/t13-,14+/m0/s1. The summed E-state index contributed by atoms with van der Waals surface area (Å²) in [5.74, 6) is -1.59. The summed E-state index contributed by atoms with van der Waals surface area (Å²) in [6, 6.07) is 6.43. The predicted octanol–water partition coefficient (Wildman–Crippen LogP) is 1.51. The third kappa shape index (κ3) is 5.95. The van der Waals surface area contributed by atoms with Crippen LogP contribution in [0.3, 0.4) is 0 Å². The molecule has 0 unspecified atom stereocenters. The van der Waals surface area contributed by atoms with Gasteiger partial charge in [0.25, 0.3) is 0 Å². The Hall–Kier alpha value is -1.88. The number of rotatable bonds is 7. The highest BCUT2D eigenvalue weighted by molar-refractivity contribution is 5.86. The Bertz CT molecular complexity index is 499. The van der Waals surface area contributed by atoms with Gasteiger partial charge in [-0.05, 0) is 24.8 Å². The van der Waals surface area contributed by atoms with Gasteiger partial charge in [0.15, 0.2) is 0 Å². The molecule has 1 aromatic rings. The van der Waals surface area contributed by atoms with Gasteiger partial charge in [-0.15, -0.1) is 0 Å². The number of benzene rings is 1. The van der Waals surface area contributed by atoms with E-state index in [9.17, 15) is 19.8 Å². The molecule has 3 N–H and O–H groups in total. The van der Waals surface area contributed by atoms with Crippen molar-refractivity contribution < 1.29 is 19.8 Å². The van der Waals surface area contributed by atoms with E-state index in [0.717, 1.165) is 11.1 Å². The second-order valence-electron chi connectivity index (χ2n) is 5.74. The minimum absolute atomic E-state index is 0.158. The molecule has 0 saturated carbocycles. The number of aliphatic hydroxyl groups excluding tert-OH is 1. The summed E-state index contributed by atoms with van der Waals surface area (Å²) in [7, 11) is 0. The topological polar surface area (TPSA) is 86.6 Å². The van der Waals surface area contributed by atoms with Crippen LogP contribution >= 0.6 is 0 Å². The molecule has 0 aliphatic rings. The van der Waals surface area contributed by atoms with Crippen LogP contribution in [0.1, 0.15) is 31.4 Å². The molecule has 0 spiro atoms. The van der Waals surface area contributed by atoms with E-state index in [2.05, 4.69) is 5.32 Å². The average molecular weight is 293 g/mol. The number of amides is 1. The van der Waals surface area contributed by atoms with Gasteiger partial charge in [-0.2, -0.15) is 0 Å². The zero-order chi connectivity index (χ0) is 16.0. The number of nitrogens with one attached hydrogen (secondary N) is 1. The molecule has 1 aromatic carbocycles. The maximum Gasteiger partial charge on any atom is 0.326 e. The Morgan fingerprint density at radius 3 is 2.48 bits per heavy atom. The van der Waals surface area contributed by atoms with Gasteiger partial charge in [0.2, 0.25) is 5.91 Å². The van der Waals surface area contributed by atoms with Crippen LogP contribution in [-0.2, 0) is 16.0 Å². The Morgan fingerprint density at radius 2 is 1.95 bits per heavy atom. The summed E-state index contributed by atoms with van der Waals surface area (Å²) in [6.07, 6.45) is -0.677. The number of aliphatic carboxylic acids is 1. The van der Waals surface area contributed by atoms with Gasteiger partial charge in [-0.1, -0.05) is 43.7 Å². The summed E-state index contributed by atoms with van der Waals surface area (Å²) in [5, 5.41) is 21.3. The van der Waals surface area contributed by atoms with Crippen molar-refractivity contribution in [2.24, 2.45) is 5.92 Å². The molecule has 116 valence electrons. The summed E-state index contributed by atoms with van der Waals surface area (Å²) in [4.78, 5) is 23.1. The van der Waals surface area contributed by atoms with Crippen LogP contribution in [0.4, 0.5) is 0 Å². The second-order valence-corrected chi connectivity index (χ2v) is 5.74. The normalized spacial score (nSPS) is 13.8. The average Bonchev–Trinajstić information content (AvgIpc) is 2.36. The Morgan fingerprint density at radius 1 is 1.29 bits per heavy atom. The number of carboxylic acid groups (broad SMARTS) is 1. The number of carbonyl (C=O) groups is 2. The van der Waals surface area contributed by atoms with Crippen molar-refractivity contribution in [1.82, 2.24) is 5.32 Å². The molecule has 0 bridgehead atoms. The minimum Gasteiger partial charge on any atom is -0.480 e. The van der Waals surface area contributed by atoms with E-state index in [1.54, 1.807) is 0 Å². The highest BCUT2D eigenvalue weighted by atomic mass is 16.4. The van der Waals surface area contributed by atoms with Crippen molar-refractivity contribution in [3.05, 3.63) is 35.4 Å². The number of hydrogen-bond donors (Lipinski definition) is 3. The van der Waals surface area contributed by atoms with Crippen molar-refractivity contribution in [3.8, 4) is 0 Å². The Kier molecular flexibility index (Phi) is 6.37. The van der Waals surface area contributed by atoms with Crippen molar-refractivity contribution in [2.75, 3.05) is 0 Å². The first-order valence-electron chi connectivity index (χ1n) is 7.06. The number of aliphatic hydroxyl groups is 1. The van der Waals surface area contributed by atoms with Gasteiger partial charge >= 0.3 is 5.97 Å². The van der Waals surface area contributed by atoms with Gasteiger partial charge in [0.1, 0.15) is 12.1 Å². The number of aryl methyl sites for hydroxylation is 1. The Balaban J connectivity index is 2.70. The molecule has 0 radical (unpaired) electrons. The molecule has 5 nitrogen and oxygen atoms in total. The third-order valence-corrected chi connectivity index (χ3v) is 3.13. The molecule has 5 heteroatoms. The first-order valence-corrected chi connectivity index (χ1v) is 7.06. The van der Waals surface area contributed by atoms with Crippen LogP contribution in [0.25, 0.3) is 0 Å². The molecule has 0 saturated heterocycles. The minimum atomic E-state index is -1.18. The lowest BCUT2D eigenvalue weighted by Gasteiger charge is -2.18. The molecule has 0 aliphatic heterocycles. The molecular weight excluding hydrogens is 270 g/mol. The van der Waals surface area contributed by atoms with Crippen molar-refractivity contribution in [1.29, 1.82) is 0 Å². The maximum atomic E-state index is 11.8.